The van der Waals surface area contributed by atoms with Crippen LogP contribution in [0.2, 0.25) is 0 Å². The Morgan fingerprint density at radius 1 is 1.00 bits per heavy atom. The van der Waals surface area contributed by atoms with Crippen molar-refractivity contribution in [2.24, 2.45) is 0 Å². The van der Waals surface area contributed by atoms with E-state index in [1.54, 1.807) is 28.4 Å². The molecule has 0 saturated carbocycles. The van der Waals surface area contributed by atoms with E-state index in [2.05, 4.69) is 0 Å². The summed E-state index contributed by atoms with van der Waals surface area (Å²) < 4.78 is 26.8. The van der Waals surface area contributed by atoms with Crippen LogP contribution in [0.5, 0.6) is 17.2 Å². The van der Waals surface area contributed by atoms with Gasteiger partial charge in [-0.25, -0.2) is 0 Å². The Hall–Kier alpha value is -1.46. The van der Waals surface area contributed by atoms with Crippen molar-refractivity contribution in [2.45, 2.75) is 18.6 Å². The smallest absolute Gasteiger partial charge is 0.203 e. The zero-order chi connectivity index (χ0) is 13.8. The van der Waals surface area contributed by atoms with Crippen molar-refractivity contribution in [1.29, 1.82) is 0 Å². The molecule has 1 aromatic carbocycles. The van der Waals surface area contributed by atoms with Crippen LogP contribution in [0.1, 0.15) is 17.9 Å². The van der Waals surface area contributed by atoms with Crippen molar-refractivity contribution in [1.82, 2.24) is 0 Å². The van der Waals surface area contributed by atoms with Crippen LogP contribution in [0.4, 0.5) is 0 Å². The van der Waals surface area contributed by atoms with Crippen LogP contribution in [0, 0.1) is 0 Å². The number of hydrogen-bond acceptors (Lipinski definition) is 5. The fourth-order valence-electron chi connectivity index (χ4n) is 2.33. The summed E-state index contributed by atoms with van der Waals surface area (Å²) in [5.41, 5.74) is 1.11. The molecule has 1 aliphatic heterocycles. The van der Waals surface area contributed by atoms with Gasteiger partial charge in [-0.2, -0.15) is 0 Å². The Balaban J connectivity index is 2.31. The van der Waals surface area contributed by atoms with Gasteiger partial charge in [-0.3, -0.25) is 0 Å². The number of hydrogen-bond donors (Lipinski definition) is 0. The van der Waals surface area contributed by atoms with Crippen LogP contribution in [0.15, 0.2) is 12.1 Å². The van der Waals surface area contributed by atoms with Gasteiger partial charge in [-0.15, -0.1) is 0 Å². The number of rotatable bonds is 5. The highest BCUT2D eigenvalue weighted by Gasteiger charge is 2.28. The second kappa shape index (κ2) is 6.12. The predicted octanol–water partition coefficient (Wildman–Crippen LogP) is 2.19. The molecule has 19 heavy (non-hydrogen) atoms. The fourth-order valence-corrected chi connectivity index (χ4v) is 2.33. The lowest BCUT2D eigenvalue weighted by atomic mass is 9.97. The Morgan fingerprint density at radius 3 is 2.05 bits per heavy atom. The van der Waals surface area contributed by atoms with Crippen molar-refractivity contribution >= 4 is 0 Å². The predicted molar refractivity (Wildman–Crippen MR) is 70.2 cm³/mol. The average molecular weight is 268 g/mol. The van der Waals surface area contributed by atoms with Crippen molar-refractivity contribution in [2.75, 3.05) is 35.0 Å². The van der Waals surface area contributed by atoms with Crippen molar-refractivity contribution < 1.29 is 23.7 Å². The van der Waals surface area contributed by atoms with Crippen molar-refractivity contribution in [3.63, 3.8) is 0 Å². The summed E-state index contributed by atoms with van der Waals surface area (Å²) in [6, 6.07) is 3.93. The van der Waals surface area contributed by atoms with Gasteiger partial charge in [0.1, 0.15) is 0 Å². The van der Waals surface area contributed by atoms with Crippen LogP contribution in [0.3, 0.4) is 0 Å². The molecule has 5 heteroatoms. The van der Waals surface area contributed by atoms with E-state index < -0.39 is 0 Å². The van der Waals surface area contributed by atoms with Crippen LogP contribution in [-0.2, 0) is 9.47 Å². The lowest BCUT2D eigenvalue weighted by Gasteiger charge is -2.16. The largest absolute Gasteiger partial charge is 0.493 e. The fraction of sp³-hybridized carbons (Fsp3) is 0.571. The van der Waals surface area contributed by atoms with Crippen molar-refractivity contribution in [3.8, 4) is 17.2 Å². The molecule has 0 unspecified atom stereocenters. The molecule has 1 aromatic rings. The van der Waals surface area contributed by atoms with Gasteiger partial charge in [-0.1, -0.05) is 0 Å². The van der Waals surface area contributed by atoms with Crippen molar-refractivity contribution in [3.05, 3.63) is 17.7 Å². The molecule has 0 radical (unpaired) electrons. The van der Waals surface area contributed by atoms with E-state index in [1.165, 1.54) is 0 Å². The maximum Gasteiger partial charge on any atom is 0.203 e. The summed E-state index contributed by atoms with van der Waals surface area (Å²) in [7, 11) is 6.48. The molecule has 0 spiro atoms. The van der Waals surface area contributed by atoms with Gasteiger partial charge in [-0.05, 0) is 17.7 Å². The third-order valence-corrected chi connectivity index (χ3v) is 3.38. The molecule has 2 rings (SSSR count). The van der Waals surface area contributed by atoms with Gasteiger partial charge in [0, 0.05) is 19.4 Å². The second-order valence-electron chi connectivity index (χ2n) is 4.39. The third kappa shape index (κ3) is 2.77. The molecule has 106 valence electrons. The van der Waals surface area contributed by atoms with Crippen LogP contribution in [-0.4, -0.2) is 41.3 Å². The molecule has 2 atom stereocenters. The molecule has 0 aliphatic carbocycles. The molecule has 0 bridgehead atoms. The zero-order valence-corrected chi connectivity index (χ0v) is 11.8. The first-order valence-corrected chi connectivity index (χ1v) is 6.17. The van der Waals surface area contributed by atoms with Gasteiger partial charge < -0.3 is 23.7 Å². The summed E-state index contributed by atoms with van der Waals surface area (Å²) in [5.74, 6) is 2.21. The lowest BCUT2D eigenvalue weighted by molar-refractivity contribution is -0.0880. The number of ether oxygens (including phenoxy) is 5. The highest BCUT2D eigenvalue weighted by atomic mass is 16.7. The summed E-state index contributed by atoms with van der Waals surface area (Å²) in [6.45, 7) is 0.636. The minimum Gasteiger partial charge on any atom is -0.493 e. The molecule has 1 saturated heterocycles. The third-order valence-electron chi connectivity index (χ3n) is 3.38. The highest BCUT2D eigenvalue weighted by Crippen LogP contribution is 2.42. The standard InChI is InChI=1S/C14H20O5/c1-15-11-5-9(6-12(16-2)14(11)18-4)10-7-13(17-3)19-8-10/h5-6,10,13H,7-8H2,1-4H3/t10-,13+/m0/s1. The SMILES string of the molecule is COc1cc([C@@H]2CO[C@@H](OC)C2)cc(OC)c1OC. The van der Waals surface area contributed by atoms with Gasteiger partial charge in [0.05, 0.1) is 27.9 Å². The van der Waals surface area contributed by atoms with E-state index in [-0.39, 0.29) is 12.2 Å². The Morgan fingerprint density at radius 2 is 1.63 bits per heavy atom. The summed E-state index contributed by atoms with van der Waals surface area (Å²) >= 11 is 0. The van der Waals surface area contributed by atoms with E-state index in [0.717, 1.165) is 12.0 Å². The first-order chi connectivity index (χ1) is 9.23. The van der Waals surface area contributed by atoms with E-state index in [1.807, 2.05) is 12.1 Å². The Labute approximate surface area is 113 Å². The summed E-state index contributed by atoms with van der Waals surface area (Å²) in [4.78, 5) is 0. The Bertz CT molecular complexity index is 407. The van der Waals surface area contributed by atoms with E-state index in [0.29, 0.717) is 23.9 Å². The van der Waals surface area contributed by atoms with Gasteiger partial charge in [0.15, 0.2) is 17.8 Å². The molecular weight excluding hydrogens is 248 g/mol. The summed E-state index contributed by atoms with van der Waals surface area (Å²) in [5, 5.41) is 0. The molecule has 0 N–H and O–H groups in total. The Kier molecular flexibility index (Phi) is 4.50. The number of benzene rings is 1. The minimum absolute atomic E-state index is 0.135. The van der Waals surface area contributed by atoms with E-state index in [9.17, 15) is 0 Å². The highest BCUT2D eigenvalue weighted by molar-refractivity contribution is 5.54. The molecule has 1 heterocycles. The first kappa shape index (κ1) is 14.0. The normalized spacial score (nSPS) is 22.3. The van der Waals surface area contributed by atoms with Crippen LogP contribution >= 0.6 is 0 Å². The van der Waals surface area contributed by atoms with Gasteiger partial charge in [0.25, 0.3) is 0 Å². The minimum atomic E-state index is -0.135. The number of methoxy groups -OCH3 is 4. The topological polar surface area (TPSA) is 46.2 Å². The molecule has 1 fully saturated rings. The monoisotopic (exact) mass is 268 g/mol. The van der Waals surface area contributed by atoms with Gasteiger partial charge >= 0.3 is 0 Å². The molecule has 0 aromatic heterocycles. The quantitative estimate of drug-likeness (QED) is 0.819. The molecule has 0 amide bonds. The maximum atomic E-state index is 5.54. The maximum absolute atomic E-state index is 5.54. The molecule has 5 nitrogen and oxygen atoms in total. The molecular formula is C14H20O5. The van der Waals surface area contributed by atoms with E-state index in [4.69, 9.17) is 23.7 Å². The second-order valence-corrected chi connectivity index (χ2v) is 4.39. The average Bonchev–Trinajstić information content (AvgIpc) is 2.94. The van der Waals surface area contributed by atoms with E-state index >= 15 is 0 Å². The van der Waals surface area contributed by atoms with Crippen LogP contribution < -0.4 is 14.2 Å². The summed E-state index contributed by atoms with van der Waals surface area (Å²) in [6.07, 6.45) is 0.693. The van der Waals surface area contributed by atoms with Gasteiger partial charge in [0.2, 0.25) is 5.75 Å². The first-order valence-electron chi connectivity index (χ1n) is 6.17. The van der Waals surface area contributed by atoms with Crippen LogP contribution in [0.25, 0.3) is 0 Å². The molecule has 1 aliphatic rings. The lowest BCUT2D eigenvalue weighted by Crippen LogP contribution is -2.06. The zero-order valence-electron chi connectivity index (χ0n) is 11.8.